The molecule has 1 aliphatic rings. The van der Waals surface area contributed by atoms with Gasteiger partial charge in [-0.25, -0.2) is 0 Å². The van der Waals surface area contributed by atoms with Crippen LogP contribution in [0.15, 0.2) is 0 Å². The van der Waals surface area contributed by atoms with E-state index in [9.17, 15) is 20.1 Å². The third-order valence-electron chi connectivity index (χ3n) is 5.58. The number of hydrogen-bond donors (Lipinski definition) is 4. The normalized spacial score (nSPS) is 27.1. The summed E-state index contributed by atoms with van der Waals surface area (Å²) in [5, 5.41) is 38.4. The summed E-state index contributed by atoms with van der Waals surface area (Å²) >= 11 is 0. The summed E-state index contributed by atoms with van der Waals surface area (Å²) in [7, 11) is 0. The summed E-state index contributed by atoms with van der Waals surface area (Å²) < 4.78 is 10.2. The van der Waals surface area contributed by atoms with Crippen LogP contribution in [0.5, 0.6) is 0 Å². The maximum absolute atomic E-state index is 11.9. The van der Waals surface area contributed by atoms with Crippen molar-refractivity contribution in [3.63, 3.8) is 0 Å². The Kier molecular flexibility index (Phi) is 14.5. The van der Waals surface area contributed by atoms with Crippen LogP contribution in [-0.2, 0) is 14.3 Å². The van der Waals surface area contributed by atoms with Crippen molar-refractivity contribution in [1.29, 1.82) is 0 Å². The molecule has 1 rings (SSSR count). The van der Waals surface area contributed by atoms with Gasteiger partial charge >= 0.3 is 5.97 Å². The second-order valence-electron chi connectivity index (χ2n) is 8.18. The number of aliphatic hydroxyl groups is 4. The molecule has 0 spiro atoms. The van der Waals surface area contributed by atoms with Crippen molar-refractivity contribution in [1.82, 2.24) is 0 Å². The van der Waals surface area contributed by atoms with Gasteiger partial charge in [-0.2, -0.15) is 0 Å². The van der Waals surface area contributed by atoms with Gasteiger partial charge < -0.3 is 29.9 Å². The summed E-state index contributed by atoms with van der Waals surface area (Å²) in [6.45, 7) is 1.70. The van der Waals surface area contributed by atoms with Crippen molar-refractivity contribution in [2.24, 2.45) is 0 Å². The van der Waals surface area contributed by atoms with Gasteiger partial charge in [0.25, 0.3) is 0 Å². The van der Waals surface area contributed by atoms with Gasteiger partial charge in [-0.3, -0.25) is 4.79 Å². The largest absolute Gasteiger partial charge is 0.433 e. The smallest absolute Gasteiger partial charge is 0.308 e. The van der Waals surface area contributed by atoms with E-state index in [1.807, 2.05) is 0 Å². The number of carbonyl (C=O) groups excluding carboxylic acids is 1. The zero-order chi connectivity index (χ0) is 21.5. The molecule has 29 heavy (non-hydrogen) atoms. The number of esters is 1. The minimum Gasteiger partial charge on any atom is -0.433 e. The Morgan fingerprint density at radius 2 is 1.24 bits per heavy atom. The van der Waals surface area contributed by atoms with E-state index < -0.39 is 43.3 Å². The van der Waals surface area contributed by atoms with Crippen LogP contribution in [0.2, 0.25) is 0 Å². The molecule has 172 valence electrons. The molecule has 0 aliphatic carbocycles. The molecule has 1 unspecified atom stereocenters. The van der Waals surface area contributed by atoms with Crippen molar-refractivity contribution >= 4 is 5.97 Å². The highest BCUT2D eigenvalue weighted by Gasteiger charge is 2.45. The molecule has 7 nitrogen and oxygen atoms in total. The van der Waals surface area contributed by atoms with E-state index in [0.717, 1.165) is 12.8 Å². The summed E-state index contributed by atoms with van der Waals surface area (Å²) in [5.41, 5.74) is 0. The first-order valence-electron chi connectivity index (χ1n) is 11.5. The maximum atomic E-state index is 11.9. The van der Waals surface area contributed by atoms with Crippen molar-refractivity contribution in [3.05, 3.63) is 0 Å². The fraction of sp³-hybridized carbons (Fsp3) is 0.955. The number of unbranched alkanes of at least 4 members (excludes halogenated alkanes) is 12. The highest BCUT2D eigenvalue weighted by molar-refractivity contribution is 5.69. The van der Waals surface area contributed by atoms with Crippen LogP contribution in [0.25, 0.3) is 0 Å². The number of aliphatic hydroxyl groups excluding tert-OH is 4. The lowest BCUT2D eigenvalue weighted by Crippen LogP contribution is -2.59. The minimum atomic E-state index is -1.54. The van der Waals surface area contributed by atoms with Crippen molar-refractivity contribution < 1.29 is 34.7 Å². The highest BCUT2D eigenvalue weighted by Crippen LogP contribution is 2.22. The van der Waals surface area contributed by atoms with Crippen LogP contribution in [0.1, 0.15) is 96.8 Å². The van der Waals surface area contributed by atoms with Crippen LogP contribution < -0.4 is 0 Å². The first-order chi connectivity index (χ1) is 14.0. The van der Waals surface area contributed by atoms with E-state index in [-0.39, 0.29) is 6.42 Å². The third-order valence-corrected chi connectivity index (χ3v) is 5.58. The number of rotatable bonds is 16. The molecule has 1 saturated heterocycles. The van der Waals surface area contributed by atoms with E-state index in [0.29, 0.717) is 6.42 Å². The molecule has 0 radical (unpaired) electrons. The Balaban J connectivity index is 2.00. The second kappa shape index (κ2) is 16.0. The van der Waals surface area contributed by atoms with Gasteiger partial charge in [-0.15, -0.1) is 0 Å². The van der Waals surface area contributed by atoms with Crippen LogP contribution in [-0.4, -0.2) is 63.7 Å². The highest BCUT2D eigenvalue weighted by atomic mass is 16.7. The van der Waals surface area contributed by atoms with Gasteiger partial charge in [0.2, 0.25) is 6.29 Å². The Labute approximate surface area is 175 Å². The quantitative estimate of drug-likeness (QED) is 0.225. The molecule has 0 amide bonds. The Morgan fingerprint density at radius 1 is 0.759 bits per heavy atom. The number of hydrogen-bond acceptors (Lipinski definition) is 7. The third kappa shape index (κ3) is 10.7. The number of carbonyl (C=O) groups is 1. The number of ether oxygens (including phenoxy) is 2. The molecule has 0 aromatic carbocycles. The lowest BCUT2D eigenvalue weighted by molar-refractivity contribution is -0.292. The average Bonchev–Trinajstić information content (AvgIpc) is 2.71. The van der Waals surface area contributed by atoms with Gasteiger partial charge in [0, 0.05) is 6.42 Å². The standard InChI is InChI=1S/C22H42O7/c1-2-3-4-5-6-7-8-9-10-11-12-13-14-15-18(24)29-22-21(27)20(26)19(25)17(16-23)28-22/h17,19-23,25-27H,2-16H2,1H3/t17-,19+,20+,21-,22?/m1/s1. The Hall–Kier alpha value is -0.730. The van der Waals surface area contributed by atoms with Gasteiger partial charge in [-0.1, -0.05) is 84.0 Å². The molecule has 0 saturated carbocycles. The molecule has 4 N–H and O–H groups in total. The van der Waals surface area contributed by atoms with Gasteiger partial charge in [-0.05, 0) is 6.42 Å². The van der Waals surface area contributed by atoms with E-state index in [4.69, 9.17) is 14.6 Å². The summed E-state index contributed by atoms with van der Waals surface area (Å²) in [6.07, 6.45) is 9.10. The maximum Gasteiger partial charge on any atom is 0.308 e. The zero-order valence-corrected chi connectivity index (χ0v) is 18.0. The van der Waals surface area contributed by atoms with Crippen LogP contribution in [0.3, 0.4) is 0 Å². The van der Waals surface area contributed by atoms with Crippen molar-refractivity contribution in [2.45, 2.75) is 128 Å². The lowest BCUT2D eigenvalue weighted by Gasteiger charge is -2.39. The summed E-state index contributed by atoms with van der Waals surface area (Å²) in [6, 6.07) is 0. The average molecular weight is 419 g/mol. The Morgan fingerprint density at radius 3 is 1.72 bits per heavy atom. The van der Waals surface area contributed by atoms with Gasteiger partial charge in [0.05, 0.1) is 6.61 Å². The second-order valence-corrected chi connectivity index (χ2v) is 8.18. The predicted octanol–water partition coefficient (Wildman–Crippen LogP) is 2.81. The van der Waals surface area contributed by atoms with Gasteiger partial charge in [0.15, 0.2) is 0 Å². The van der Waals surface area contributed by atoms with Gasteiger partial charge in [0.1, 0.15) is 24.4 Å². The van der Waals surface area contributed by atoms with Crippen LogP contribution >= 0.6 is 0 Å². The topological polar surface area (TPSA) is 116 Å². The molecule has 1 aliphatic heterocycles. The van der Waals surface area contributed by atoms with E-state index in [1.54, 1.807) is 0 Å². The summed E-state index contributed by atoms with van der Waals surface area (Å²) in [5.74, 6) is -0.516. The molecule has 0 aromatic heterocycles. The van der Waals surface area contributed by atoms with E-state index in [1.165, 1.54) is 64.2 Å². The summed E-state index contributed by atoms with van der Waals surface area (Å²) in [4.78, 5) is 11.9. The Bertz CT molecular complexity index is 416. The molecule has 1 heterocycles. The van der Waals surface area contributed by atoms with Crippen molar-refractivity contribution in [2.75, 3.05) is 6.61 Å². The predicted molar refractivity (Wildman–Crippen MR) is 110 cm³/mol. The molecule has 7 heteroatoms. The van der Waals surface area contributed by atoms with Crippen molar-refractivity contribution in [3.8, 4) is 0 Å². The molecular weight excluding hydrogens is 376 g/mol. The zero-order valence-electron chi connectivity index (χ0n) is 18.0. The lowest BCUT2D eigenvalue weighted by atomic mass is 9.99. The minimum absolute atomic E-state index is 0.215. The fourth-order valence-corrected chi connectivity index (χ4v) is 3.64. The molecule has 0 bridgehead atoms. The first-order valence-corrected chi connectivity index (χ1v) is 11.5. The van der Waals surface area contributed by atoms with Crippen LogP contribution in [0, 0.1) is 0 Å². The van der Waals surface area contributed by atoms with E-state index >= 15 is 0 Å². The first kappa shape index (κ1) is 26.3. The fourth-order valence-electron chi connectivity index (χ4n) is 3.64. The molecule has 5 atom stereocenters. The SMILES string of the molecule is CCCCCCCCCCCCCCCC(=O)OC1O[C@H](CO)[C@H](O)[C@H](O)[C@H]1O. The van der Waals surface area contributed by atoms with E-state index in [2.05, 4.69) is 6.92 Å². The molecule has 0 aromatic rings. The molecule has 1 fully saturated rings. The monoisotopic (exact) mass is 418 g/mol. The molecular formula is C22H42O7. The van der Waals surface area contributed by atoms with Crippen LogP contribution in [0.4, 0.5) is 0 Å².